The Morgan fingerprint density at radius 3 is 2.86 bits per heavy atom. The van der Waals surface area contributed by atoms with Crippen molar-refractivity contribution in [2.24, 2.45) is 11.7 Å². The molecule has 2 N–H and O–H groups in total. The summed E-state index contributed by atoms with van der Waals surface area (Å²) in [5.74, 6) is 1.61. The quantitative estimate of drug-likeness (QED) is 0.842. The van der Waals surface area contributed by atoms with Crippen molar-refractivity contribution in [1.29, 1.82) is 0 Å². The Hall–Kier alpha value is -1.42. The lowest BCUT2D eigenvalue weighted by Gasteiger charge is -2.14. The second-order valence-electron chi connectivity index (χ2n) is 6.15. The molecule has 21 heavy (non-hydrogen) atoms. The van der Waals surface area contributed by atoms with Gasteiger partial charge < -0.3 is 10.3 Å². The summed E-state index contributed by atoms with van der Waals surface area (Å²) in [6.07, 6.45) is 6.70. The predicted octanol–water partition coefficient (Wildman–Crippen LogP) is 3.82. The first-order chi connectivity index (χ1) is 10.2. The number of hydrogen-bond acceptors (Lipinski definition) is 2. The normalized spacial score (nSPS) is 16.5. The van der Waals surface area contributed by atoms with Crippen molar-refractivity contribution < 1.29 is 4.39 Å². The fourth-order valence-corrected chi connectivity index (χ4v) is 3.15. The van der Waals surface area contributed by atoms with Crippen LogP contribution in [-0.4, -0.2) is 16.1 Å². The maximum atomic E-state index is 13.5. The summed E-state index contributed by atoms with van der Waals surface area (Å²) >= 11 is 0. The predicted molar refractivity (Wildman–Crippen MR) is 83.7 cm³/mol. The molecule has 1 fully saturated rings. The van der Waals surface area contributed by atoms with E-state index in [4.69, 9.17) is 10.7 Å². The van der Waals surface area contributed by atoms with Gasteiger partial charge in [-0.05, 0) is 56.3 Å². The van der Waals surface area contributed by atoms with Crippen molar-refractivity contribution in [3.05, 3.63) is 29.8 Å². The van der Waals surface area contributed by atoms with E-state index in [1.54, 1.807) is 12.1 Å². The van der Waals surface area contributed by atoms with Crippen LogP contribution in [0.25, 0.3) is 11.0 Å². The van der Waals surface area contributed by atoms with E-state index in [1.165, 1.54) is 18.9 Å². The Morgan fingerprint density at radius 2 is 2.19 bits per heavy atom. The third-order valence-corrected chi connectivity index (χ3v) is 4.57. The fourth-order valence-electron chi connectivity index (χ4n) is 3.15. The topological polar surface area (TPSA) is 43.8 Å². The number of nitrogens with two attached hydrogens (primary N) is 1. The molecular weight excluding hydrogens is 265 g/mol. The molecule has 0 saturated heterocycles. The number of benzene rings is 1. The summed E-state index contributed by atoms with van der Waals surface area (Å²) < 4.78 is 15.8. The Morgan fingerprint density at radius 1 is 1.38 bits per heavy atom. The van der Waals surface area contributed by atoms with Gasteiger partial charge in [-0.3, -0.25) is 0 Å². The zero-order valence-electron chi connectivity index (χ0n) is 12.7. The van der Waals surface area contributed by atoms with Crippen molar-refractivity contribution in [2.45, 2.75) is 51.5 Å². The third kappa shape index (κ3) is 3.10. The van der Waals surface area contributed by atoms with Crippen LogP contribution in [0.4, 0.5) is 4.39 Å². The van der Waals surface area contributed by atoms with Crippen LogP contribution in [0.2, 0.25) is 0 Å². The number of nitrogens with zero attached hydrogens (tertiary/aromatic N) is 2. The lowest BCUT2D eigenvalue weighted by Crippen LogP contribution is -2.10. The minimum atomic E-state index is -0.176. The van der Waals surface area contributed by atoms with Crippen LogP contribution in [0.15, 0.2) is 18.2 Å². The smallest absolute Gasteiger partial charge is 0.125 e. The van der Waals surface area contributed by atoms with Crippen molar-refractivity contribution in [2.75, 3.05) is 6.54 Å². The van der Waals surface area contributed by atoms with E-state index in [2.05, 4.69) is 11.5 Å². The van der Waals surface area contributed by atoms with Gasteiger partial charge in [0.1, 0.15) is 11.6 Å². The van der Waals surface area contributed by atoms with Crippen LogP contribution in [0, 0.1) is 11.7 Å². The van der Waals surface area contributed by atoms with Crippen LogP contribution < -0.4 is 5.73 Å². The molecule has 4 heteroatoms. The molecule has 1 heterocycles. The lowest BCUT2D eigenvalue weighted by molar-refractivity contribution is 0.435. The van der Waals surface area contributed by atoms with Crippen LogP contribution in [0.1, 0.15) is 50.9 Å². The molecule has 0 spiro atoms. The van der Waals surface area contributed by atoms with Crippen LogP contribution in [0.3, 0.4) is 0 Å². The molecule has 3 rings (SSSR count). The first-order valence-corrected chi connectivity index (χ1v) is 8.09. The molecule has 0 radical (unpaired) electrons. The highest BCUT2D eigenvalue weighted by Gasteiger charge is 2.28. The van der Waals surface area contributed by atoms with Gasteiger partial charge in [-0.15, -0.1) is 0 Å². The van der Waals surface area contributed by atoms with Crippen molar-refractivity contribution in [1.82, 2.24) is 9.55 Å². The van der Waals surface area contributed by atoms with Crippen LogP contribution in [0.5, 0.6) is 0 Å². The molecule has 1 unspecified atom stereocenters. The molecule has 0 bridgehead atoms. The highest BCUT2D eigenvalue weighted by Crippen LogP contribution is 2.39. The summed E-state index contributed by atoms with van der Waals surface area (Å²) in [5, 5.41) is 0. The second kappa shape index (κ2) is 6.14. The summed E-state index contributed by atoms with van der Waals surface area (Å²) in [6, 6.07) is 5.45. The minimum absolute atomic E-state index is 0.176. The third-order valence-electron chi connectivity index (χ3n) is 4.57. The molecule has 1 saturated carbocycles. The van der Waals surface area contributed by atoms with Crippen LogP contribution >= 0.6 is 0 Å². The molecule has 0 amide bonds. The van der Waals surface area contributed by atoms with Crippen LogP contribution in [-0.2, 0) is 6.42 Å². The van der Waals surface area contributed by atoms with E-state index in [-0.39, 0.29) is 5.82 Å². The number of hydrogen-bond donors (Lipinski definition) is 1. The zero-order valence-corrected chi connectivity index (χ0v) is 12.7. The largest absolute Gasteiger partial charge is 0.330 e. The molecule has 3 nitrogen and oxygen atoms in total. The summed E-state index contributed by atoms with van der Waals surface area (Å²) in [6.45, 7) is 2.97. The molecule has 1 aromatic heterocycles. The van der Waals surface area contributed by atoms with Gasteiger partial charge in [0.25, 0.3) is 0 Å². The second-order valence-corrected chi connectivity index (χ2v) is 6.15. The molecule has 1 aromatic carbocycles. The van der Waals surface area contributed by atoms with Gasteiger partial charge in [-0.2, -0.15) is 0 Å². The zero-order chi connectivity index (χ0) is 14.8. The van der Waals surface area contributed by atoms with E-state index < -0.39 is 0 Å². The summed E-state index contributed by atoms with van der Waals surface area (Å²) in [5.41, 5.74) is 7.56. The van der Waals surface area contributed by atoms with Crippen molar-refractivity contribution in [3.63, 3.8) is 0 Å². The lowest BCUT2D eigenvalue weighted by atomic mass is 9.96. The van der Waals surface area contributed by atoms with Gasteiger partial charge in [0.15, 0.2) is 0 Å². The highest BCUT2D eigenvalue weighted by atomic mass is 19.1. The Balaban J connectivity index is 1.85. The maximum Gasteiger partial charge on any atom is 0.125 e. The number of aryl methyl sites for hydroxylation is 1. The minimum Gasteiger partial charge on any atom is -0.330 e. The first kappa shape index (κ1) is 14.5. The van der Waals surface area contributed by atoms with Crippen molar-refractivity contribution >= 4 is 11.0 Å². The fraction of sp³-hybridized carbons (Fsp3) is 0.588. The summed E-state index contributed by atoms with van der Waals surface area (Å²) in [4.78, 5) is 4.75. The van der Waals surface area contributed by atoms with Gasteiger partial charge in [0, 0.05) is 12.5 Å². The van der Waals surface area contributed by atoms with Gasteiger partial charge in [0.05, 0.1) is 11.0 Å². The Kier molecular flexibility index (Phi) is 4.24. The molecule has 1 atom stereocenters. The van der Waals surface area contributed by atoms with E-state index in [1.807, 2.05) is 0 Å². The van der Waals surface area contributed by atoms with E-state index in [0.717, 1.165) is 49.1 Å². The number of aromatic nitrogens is 2. The van der Waals surface area contributed by atoms with Gasteiger partial charge >= 0.3 is 0 Å². The van der Waals surface area contributed by atoms with E-state index in [9.17, 15) is 4.39 Å². The van der Waals surface area contributed by atoms with Gasteiger partial charge in [0.2, 0.25) is 0 Å². The highest BCUT2D eigenvalue weighted by molar-refractivity contribution is 5.76. The molecule has 2 aromatic rings. The number of fused-ring (bicyclic) bond motifs is 1. The Labute approximate surface area is 125 Å². The monoisotopic (exact) mass is 289 g/mol. The average molecular weight is 289 g/mol. The number of imidazole rings is 1. The van der Waals surface area contributed by atoms with E-state index in [0.29, 0.717) is 12.0 Å². The first-order valence-electron chi connectivity index (χ1n) is 8.09. The molecule has 1 aliphatic carbocycles. The molecule has 0 aliphatic heterocycles. The van der Waals surface area contributed by atoms with Gasteiger partial charge in [-0.1, -0.05) is 13.3 Å². The SMILES string of the molecule is CCC(CCN)CCc1nc2ccc(F)cc2n1C1CC1. The molecular formula is C17H24FN3. The summed E-state index contributed by atoms with van der Waals surface area (Å²) in [7, 11) is 0. The Bertz CT molecular complexity index is 616. The standard InChI is InChI=1S/C17H24FN3/c1-2-12(9-10-19)3-8-17-20-15-7-4-13(18)11-16(15)21(17)14-5-6-14/h4,7,11-12,14H,2-3,5-6,8-10,19H2,1H3. The maximum absolute atomic E-state index is 13.5. The van der Waals surface area contributed by atoms with Gasteiger partial charge in [-0.25, -0.2) is 9.37 Å². The van der Waals surface area contributed by atoms with Crippen molar-refractivity contribution in [3.8, 4) is 0 Å². The molecule has 1 aliphatic rings. The number of halogens is 1. The number of rotatable bonds is 7. The average Bonchev–Trinajstić information content (AvgIpc) is 3.25. The van der Waals surface area contributed by atoms with E-state index >= 15 is 0 Å². The molecule has 114 valence electrons.